The van der Waals surface area contributed by atoms with Gasteiger partial charge in [0.15, 0.2) is 0 Å². The summed E-state index contributed by atoms with van der Waals surface area (Å²) >= 11 is 6.81. The van der Waals surface area contributed by atoms with Crippen LogP contribution in [0, 0.1) is 12.3 Å². The second-order valence-electron chi connectivity index (χ2n) is 7.58. The van der Waals surface area contributed by atoms with Gasteiger partial charge in [0.05, 0.1) is 15.0 Å². The van der Waals surface area contributed by atoms with Crippen LogP contribution in [-0.2, 0) is 10.8 Å². The third-order valence-corrected chi connectivity index (χ3v) is 12.3. The molecule has 0 aromatic heterocycles. The first kappa shape index (κ1) is 22.8. The van der Waals surface area contributed by atoms with Gasteiger partial charge in [0.2, 0.25) is 8.32 Å². The first-order valence-electron chi connectivity index (χ1n) is 8.84. The van der Waals surface area contributed by atoms with Crippen LogP contribution in [0.3, 0.4) is 0 Å². The molecule has 0 aliphatic rings. The highest BCUT2D eigenvalue weighted by Crippen LogP contribution is 2.43. The molecule has 0 saturated heterocycles. The Kier molecular flexibility index (Phi) is 8.73. The third-order valence-electron chi connectivity index (χ3n) is 4.96. The molecule has 2 nitrogen and oxygen atoms in total. The van der Waals surface area contributed by atoms with Crippen LogP contribution in [-0.4, -0.2) is 19.5 Å². The summed E-state index contributed by atoms with van der Waals surface area (Å²) in [5, 5.41) is 9.92. The maximum atomic E-state index is 9.92. The van der Waals surface area contributed by atoms with Crippen LogP contribution < -0.4 is 0 Å². The zero-order valence-corrected chi connectivity index (χ0v) is 20.2. The van der Waals surface area contributed by atoms with Crippen molar-refractivity contribution in [3.8, 4) is 18.1 Å². The van der Waals surface area contributed by atoms with Crippen LogP contribution in [0.15, 0.2) is 21.1 Å². The van der Waals surface area contributed by atoms with Crippen LogP contribution in [0.2, 0.25) is 16.6 Å². The molecule has 5 heteroatoms. The Balaban J connectivity index is 3.17. The van der Waals surface area contributed by atoms with Crippen molar-refractivity contribution in [3.05, 3.63) is 26.6 Å². The molecular formula is C20H30Br2O2Si. The highest BCUT2D eigenvalue weighted by Gasteiger charge is 2.46. The minimum Gasteiger partial charge on any atom is -0.506 e. The smallest absolute Gasteiger partial charge is 0.200 e. The van der Waals surface area contributed by atoms with Gasteiger partial charge in [-0.2, -0.15) is 0 Å². The molecule has 1 aromatic carbocycles. The Morgan fingerprint density at radius 1 is 1.04 bits per heavy atom. The van der Waals surface area contributed by atoms with Crippen LogP contribution in [0.5, 0.6) is 5.75 Å². The fourth-order valence-electron chi connectivity index (χ4n) is 3.98. The summed E-state index contributed by atoms with van der Waals surface area (Å²) in [7, 11) is -1.99. The van der Waals surface area contributed by atoms with Gasteiger partial charge in [0.25, 0.3) is 0 Å². The van der Waals surface area contributed by atoms with E-state index in [1.54, 1.807) is 0 Å². The molecule has 0 heterocycles. The van der Waals surface area contributed by atoms with Gasteiger partial charge in [-0.15, -0.1) is 12.3 Å². The van der Waals surface area contributed by atoms with E-state index in [1.807, 2.05) is 12.1 Å². The molecule has 1 N–H and O–H groups in total. The Hall–Kier alpha value is -0.283. The van der Waals surface area contributed by atoms with Crippen molar-refractivity contribution in [2.45, 2.75) is 77.1 Å². The van der Waals surface area contributed by atoms with E-state index in [2.05, 4.69) is 79.3 Å². The molecule has 0 amide bonds. The summed E-state index contributed by atoms with van der Waals surface area (Å²) in [6, 6.07) is 3.88. The number of rotatable bonds is 8. The molecular weight excluding hydrogens is 460 g/mol. The summed E-state index contributed by atoms with van der Waals surface area (Å²) in [6.07, 6.45) is 6.97. The lowest BCUT2D eigenvalue weighted by molar-refractivity contribution is 0.178. The number of hydrogen-bond donors (Lipinski definition) is 1. The third kappa shape index (κ3) is 5.35. The molecule has 1 atom stereocenters. The van der Waals surface area contributed by atoms with Gasteiger partial charge in [-0.1, -0.05) is 41.5 Å². The fraction of sp³-hybridized carbons (Fsp3) is 0.600. The Bertz CT molecular complexity index is 576. The van der Waals surface area contributed by atoms with E-state index < -0.39 is 8.32 Å². The zero-order valence-electron chi connectivity index (χ0n) is 16.1. The molecule has 0 aliphatic carbocycles. The number of aromatic hydroxyl groups is 1. The molecule has 0 spiro atoms. The lowest BCUT2D eigenvalue weighted by atomic mass is 10.1. The average Bonchev–Trinajstić information content (AvgIpc) is 2.49. The van der Waals surface area contributed by atoms with Crippen molar-refractivity contribution in [1.82, 2.24) is 0 Å². The second-order valence-corrected chi connectivity index (χ2v) is 14.7. The minimum absolute atomic E-state index is 0.00721. The molecule has 1 rings (SSSR count). The van der Waals surface area contributed by atoms with Gasteiger partial charge in [0, 0.05) is 6.42 Å². The topological polar surface area (TPSA) is 29.5 Å². The van der Waals surface area contributed by atoms with Crippen molar-refractivity contribution in [2.24, 2.45) is 0 Å². The molecule has 1 unspecified atom stereocenters. The van der Waals surface area contributed by atoms with Crippen LogP contribution >= 0.6 is 31.9 Å². The maximum Gasteiger partial charge on any atom is 0.200 e. The molecule has 25 heavy (non-hydrogen) atoms. The summed E-state index contributed by atoms with van der Waals surface area (Å²) in [5.41, 5.74) is 2.65. The van der Waals surface area contributed by atoms with Gasteiger partial charge < -0.3 is 9.53 Å². The van der Waals surface area contributed by atoms with Crippen molar-refractivity contribution < 1.29 is 9.53 Å². The van der Waals surface area contributed by atoms with Gasteiger partial charge in [0.1, 0.15) is 5.75 Å². The van der Waals surface area contributed by atoms with E-state index >= 15 is 0 Å². The van der Waals surface area contributed by atoms with Crippen molar-refractivity contribution in [3.63, 3.8) is 0 Å². The highest BCUT2D eigenvalue weighted by molar-refractivity contribution is 9.11. The van der Waals surface area contributed by atoms with Crippen LogP contribution in [0.4, 0.5) is 0 Å². The van der Waals surface area contributed by atoms with E-state index in [0.717, 1.165) is 12.0 Å². The lowest BCUT2D eigenvalue weighted by Gasteiger charge is -2.44. The van der Waals surface area contributed by atoms with E-state index in [0.29, 0.717) is 32.0 Å². The number of phenols is 1. The first-order chi connectivity index (χ1) is 11.6. The Labute approximate surface area is 171 Å². The number of hydrogen-bond acceptors (Lipinski definition) is 2. The van der Waals surface area contributed by atoms with Gasteiger partial charge >= 0.3 is 0 Å². The first-order valence-corrected chi connectivity index (χ1v) is 12.6. The average molecular weight is 490 g/mol. The normalized spacial score (nSPS) is 13.5. The molecule has 0 saturated carbocycles. The second kappa shape index (κ2) is 9.59. The summed E-state index contributed by atoms with van der Waals surface area (Å²) < 4.78 is 8.23. The zero-order chi connectivity index (χ0) is 19.4. The highest BCUT2D eigenvalue weighted by atomic mass is 79.9. The van der Waals surface area contributed by atoms with E-state index in [9.17, 15) is 5.11 Å². The number of halogens is 2. The van der Waals surface area contributed by atoms with E-state index in [1.165, 1.54) is 0 Å². The van der Waals surface area contributed by atoms with Crippen molar-refractivity contribution >= 4 is 40.2 Å². The fourth-order valence-corrected chi connectivity index (χ4v) is 10.8. The van der Waals surface area contributed by atoms with Crippen molar-refractivity contribution in [1.29, 1.82) is 0 Å². The Morgan fingerprint density at radius 2 is 1.48 bits per heavy atom. The van der Waals surface area contributed by atoms with E-state index in [4.69, 9.17) is 10.8 Å². The largest absolute Gasteiger partial charge is 0.506 e. The van der Waals surface area contributed by atoms with Crippen LogP contribution in [0.1, 0.15) is 53.5 Å². The molecule has 0 radical (unpaired) electrons. The summed E-state index contributed by atoms with van der Waals surface area (Å²) in [5.74, 6) is 3.01. The van der Waals surface area contributed by atoms with E-state index in [-0.39, 0.29) is 11.9 Å². The molecule has 0 aliphatic heterocycles. The van der Waals surface area contributed by atoms with Gasteiger partial charge in [-0.05, 0) is 72.6 Å². The predicted molar refractivity (Wildman–Crippen MR) is 117 cm³/mol. The lowest BCUT2D eigenvalue weighted by Crippen LogP contribution is -2.50. The summed E-state index contributed by atoms with van der Waals surface area (Å²) in [6.45, 7) is 13.7. The molecule has 0 bridgehead atoms. The van der Waals surface area contributed by atoms with Crippen molar-refractivity contribution in [2.75, 3.05) is 0 Å². The SMILES string of the molecule is C#CCC(Cc1cc(Br)c(O)c(Br)c1)O[Si](C(C)C)(C(C)C)C(C)C. The van der Waals surface area contributed by atoms with Crippen LogP contribution in [0.25, 0.3) is 0 Å². The molecule has 140 valence electrons. The van der Waals surface area contributed by atoms with Gasteiger partial charge in [-0.25, -0.2) is 0 Å². The number of terminal acetylenes is 1. The monoisotopic (exact) mass is 488 g/mol. The molecule has 0 fully saturated rings. The quantitative estimate of drug-likeness (QED) is 0.313. The standard InChI is InChI=1S/C20H30Br2O2Si/c1-8-9-17(10-16-11-18(21)20(23)19(22)12-16)24-25(13(2)3,14(4)5)15(6)7/h1,11-15,17,23H,9-10H2,2-7H3. The minimum atomic E-state index is -1.99. The summed E-state index contributed by atoms with van der Waals surface area (Å²) in [4.78, 5) is 0. The number of phenolic OH excluding ortho intramolecular Hbond substituents is 1. The Morgan fingerprint density at radius 3 is 1.84 bits per heavy atom. The molecule has 1 aromatic rings. The van der Waals surface area contributed by atoms with Gasteiger partial charge in [-0.3, -0.25) is 0 Å². The predicted octanol–water partition coefficient (Wildman–Crippen LogP) is 7.04. The maximum absolute atomic E-state index is 9.92. The number of benzene rings is 1.